The summed E-state index contributed by atoms with van der Waals surface area (Å²) in [6.07, 6.45) is 1.09. The van der Waals surface area contributed by atoms with Gasteiger partial charge in [-0.25, -0.2) is 9.98 Å². The molecule has 0 spiro atoms. The van der Waals surface area contributed by atoms with Gasteiger partial charge in [-0.15, -0.1) is 0 Å². The number of hydrogen-bond donors (Lipinski definition) is 1. The van der Waals surface area contributed by atoms with Crippen molar-refractivity contribution in [1.82, 2.24) is 0 Å². The van der Waals surface area contributed by atoms with E-state index in [2.05, 4.69) is 31.1 Å². The van der Waals surface area contributed by atoms with E-state index in [9.17, 15) is 4.91 Å². The Hall–Kier alpha value is -1.56. The molecule has 0 aliphatic carbocycles. The molecule has 0 saturated heterocycles. The van der Waals surface area contributed by atoms with E-state index < -0.39 is 0 Å². The Balaban J connectivity index is 2.90. The number of rotatable bonds is 3. The molecule has 1 aromatic rings. The molecule has 0 aliphatic rings. The van der Waals surface area contributed by atoms with Crippen LogP contribution in [0.2, 0.25) is 0 Å². The number of aliphatic imine (C=N–C) groups is 2. The van der Waals surface area contributed by atoms with Crippen molar-refractivity contribution in [3.05, 3.63) is 33.6 Å². The predicted molar refractivity (Wildman–Crippen MR) is 64.6 cm³/mol. The highest BCUT2D eigenvalue weighted by Crippen LogP contribution is 2.17. The molecule has 0 atom stereocenters. The minimum absolute atomic E-state index is 0.0935. The summed E-state index contributed by atoms with van der Waals surface area (Å²) in [5, 5.41) is 2.71. The molecule has 0 heterocycles. The topological polar surface area (TPSA) is 80.2 Å². The zero-order chi connectivity index (χ0) is 11.1. The van der Waals surface area contributed by atoms with Gasteiger partial charge in [-0.1, -0.05) is 21.1 Å². The number of hydrogen-bond acceptors (Lipinski definition) is 3. The first-order valence-corrected chi connectivity index (χ1v) is 4.92. The van der Waals surface area contributed by atoms with Crippen LogP contribution in [0.4, 0.5) is 5.69 Å². The molecule has 0 amide bonds. The summed E-state index contributed by atoms with van der Waals surface area (Å²) in [4.78, 5) is 17.9. The Bertz CT molecular complexity index is 386. The van der Waals surface area contributed by atoms with Crippen molar-refractivity contribution < 1.29 is 0 Å². The fourth-order valence-corrected chi connectivity index (χ4v) is 1.18. The highest BCUT2D eigenvalue weighted by Gasteiger charge is 1.96. The third-order valence-electron chi connectivity index (χ3n) is 1.51. The predicted octanol–water partition coefficient (Wildman–Crippen LogP) is 2.23. The molecule has 6 heteroatoms. The van der Waals surface area contributed by atoms with Crippen LogP contribution in [0.3, 0.4) is 0 Å². The van der Waals surface area contributed by atoms with E-state index in [4.69, 9.17) is 5.73 Å². The van der Waals surface area contributed by atoms with E-state index in [1.54, 1.807) is 12.1 Å². The van der Waals surface area contributed by atoms with Crippen molar-refractivity contribution in [2.75, 3.05) is 6.54 Å². The van der Waals surface area contributed by atoms with Crippen LogP contribution in [0, 0.1) is 4.91 Å². The first kappa shape index (κ1) is 11.5. The zero-order valence-electron chi connectivity index (χ0n) is 7.80. The second kappa shape index (κ2) is 6.02. The number of nitrogens with zero attached hydrogens (tertiary/aromatic N) is 3. The van der Waals surface area contributed by atoms with Crippen LogP contribution in [0.5, 0.6) is 0 Å². The lowest BCUT2D eigenvalue weighted by molar-refractivity contribution is 1.23. The molecule has 1 rings (SSSR count). The number of amidine groups is 1. The summed E-state index contributed by atoms with van der Waals surface area (Å²) in [5.41, 5.74) is 5.81. The van der Waals surface area contributed by atoms with Gasteiger partial charge < -0.3 is 5.73 Å². The van der Waals surface area contributed by atoms with Crippen molar-refractivity contribution in [3.63, 3.8) is 0 Å². The van der Waals surface area contributed by atoms with Crippen LogP contribution in [0.15, 0.2) is 43.9 Å². The van der Waals surface area contributed by atoms with Gasteiger partial charge in [0.2, 0.25) is 0 Å². The van der Waals surface area contributed by atoms with Crippen molar-refractivity contribution >= 4 is 33.8 Å². The maximum absolute atomic E-state index is 10.1. The second-order valence-electron chi connectivity index (χ2n) is 2.57. The summed E-state index contributed by atoms with van der Waals surface area (Å²) in [5.74, 6) is 0.287. The van der Waals surface area contributed by atoms with Gasteiger partial charge in [0.05, 0.1) is 12.0 Å². The molecule has 0 unspecified atom stereocenters. The third kappa shape index (κ3) is 3.99. The smallest absolute Gasteiger partial charge is 0.155 e. The number of nitroso groups, excluding NO2 is 1. The highest BCUT2D eigenvalue weighted by atomic mass is 79.9. The number of nitrogens with two attached hydrogens (primary N) is 1. The molecule has 0 saturated carbocycles. The molecule has 0 fully saturated rings. The van der Waals surface area contributed by atoms with Crippen LogP contribution in [-0.2, 0) is 0 Å². The van der Waals surface area contributed by atoms with Gasteiger partial charge in [0.15, 0.2) is 5.84 Å². The Morgan fingerprint density at radius 1 is 1.40 bits per heavy atom. The van der Waals surface area contributed by atoms with Gasteiger partial charge in [-0.2, -0.15) is 4.91 Å². The van der Waals surface area contributed by atoms with E-state index in [1.165, 1.54) is 0 Å². The van der Waals surface area contributed by atoms with Crippen LogP contribution in [0.1, 0.15) is 0 Å². The van der Waals surface area contributed by atoms with Gasteiger partial charge in [0, 0.05) is 4.47 Å². The van der Waals surface area contributed by atoms with E-state index in [-0.39, 0.29) is 12.4 Å². The van der Waals surface area contributed by atoms with Gasteiger partial charge >= 0.3 is 0 Å². The fourth-order valence-electron chi connectivity index (χ4n) is 0.913. The van der Waals surface area contributed by atoms with Crippen LogP contribution < -0.4 is 5.73 Å². The standard InChI is InChI=1S/C9H9BrN4O/c10-7-1-3-8(4-2-7)14-9(5-13-15)12-6-11/h1-4,6H,5H2,(H2,11,12,14). The Labute approximate surface area is 95.2 Å². The third-order valence-corrected chi connectivity index (χ3v) is 2.04. The summed E-state index contributed by atoms with van der Waals surface area (Å²) in [6.45, 7) is -0.0935. The lowest BCUT2D eigenvalue weighted by atomic mass is 10.3. The average molecular weight is 269 g/mol. The quantitative estimate of drug-likeness (QED) is 0.518. The largest absolute Gasteiger partial charge is 0.390 e. The minimum Gasteiger partial charge on any atom is -0.390 e. The summed E-state index contributed by atoms with van der Waals surface area (Å²) < 4.78 is 0.957. The van der Waals surface area contributed by atoms with E-state index >= 15 is 0 Å². The molecular formula is C9H9BrN4O. The monoisotopic (exact) mass is 268 g/mol. The Morgan fingerprint density at radius 2 is 2.07 bits per heavy atom. The normalized spacial score (nSPS) is 11.9. The molecule has 78 valence electrons. The van der Waals surface area contributed by atoms with Crippen LogP contribution in [-0.4, -0.2) is 18.7 Å². The minimum atomic E-state index is -0.0935. The Morgan fingerprint density at radius 3 is 2.60 bits per heavy atom. The summed E-state index contributed by atoms with van der Waals surface area (Å²) >= 11 is 3.31. The molecule has 5 nitrogen and oxygen atoms in total. The van der Waals surface area contributed by atoms with Gasteiger partial charge in [-0.3, -0.25) is 0 Å². The molecule has 2 N–H and O–H groups in total. The number of halogens is 1. The van der Waals surface area contributed by atoms with E-state index in [0.29, 0.717) is 5.69 Å². The Kier molecular flexibility index (Phi) is 4.62. The summed E-state index contributed by atoms with van der Waals surface area (Å²) in [6, 6.07) is 7.27. The number of benzene rings is 1. The molecular weight excluding hydrogens is 260 g/mol. The van der Waals surface area contributed by atoms with Crippen molar-refractivity contribution in [1.29, 1.82) is 0 Å². The van der Waals surface area contributed by atoms with Crippen molar-refractivity contribution in [2.45, 2.75) is 0 Å². The highest BCUT2D eigenvalue weighted by molar-refractivity contribution is 9.10. The molecule has 0 aromatic heterocycles. The van der Waals surface area contributed by atoms with E-state index in [0.717, 1.165) is 10.8 Å². The van der Waals surface area contributed by atoms with E-state index in [1.807, 2.05) is 12.1 Å². The van der Waals surface area contributed by atoms with Crippen LogP contribution in [0.25, 0.3) is 0 Å². The van der Waals surface area contributed by atoms with Crippen LogP contribution >= 0.6 is 15.9 Å². The maximum Gasteiger partial charge on any atom is 0.155 e. The van der Waals surface area contributed by atoms with Gasteiger partial charge in [0.25, 0.3) is 0 Å². The lowest BCUT2D eigenvalue weighted by Crippen LogP contribution is -2.01. The first-order valence-electron chi connectivity index (χ1n) is 4.13. The zero-order valence-corrected chi connectivity index (χ0v) is 9.39. The molecule has 0 aliphatic heterocycles. The maximum atomic E-state index is 10.1. The molecule has 0 radical (unpaired) electrons. The van der Waals surface area contributed by atoms with Crippen molar-refractivity contribution in [2.24, 2.45) is 20.9 Å². The lowest BCUT2D eigenvalue weighted by Gasteiger charge is -1.96. The van der Waals surface area contributed by atoms with Gasteiger partial charge in [0.1, 0.15) is 6.54 Å². The molecule has 15 heavy (non-hydrogen) atoms. The molecule has 0 bridgehead atoms. The summed E-state index contributed by atoms with van der Waals surface area (Å²) in [7, 11) is 0. The van der Waals surface area contributed by atoms with Crippen molar-refractivity contribution in [3.8, 4) is 0 Å². The molecule has 1 aromatic carbocycles. The first-order chi connectivity index (χ1) is 7.26. The SMILES string of the molecule is NC=NC(CN=O)=Nc1ccc(Br)cc1. The second-order valence-corrected chi connectivity index (χ2v) is 3.49. The van der Waals surface area contributed by atoms with Gasteiger partial charge in [-0.05, 0) is 24.3 Å². The fraction of sp³-hybridized carbons (Fsp3) is 0.111. The average Bonchev–Trinajstić information content (AvgIpc) is 2.22.